The lowest BCUT2D eigenvalue weighted by molar-refractivity contribution is 0.196. The van der Waals surface area contributed by atoms with E-state index in [0.717, 1.165) is 11.6 Å². The highest BCUT2D eigenvalue weighted by Gasteiger charge is 2.10. The Kier molecular flexibility index (Phi) is 4.54. The minimum atomic E-state index is -0.827. The standard InChI is InChI=1S/C11H14F2OS/c1-7(14)8(2)15-6-9-3-4-10(12)11(13)5-9/h3-5,7-8,14H,6H2,1-2H3. The third-order valence-electron chi connectivity index (χ3n) is 2.18. The molecule has 0 aromatic heterocycles. The Bertz CT molecular complexity index is 328. The molecule has 0 saturated heterocycles. The molecule has 0 saturated carbocycles. The van der Waals surface area contributed by atoms with Crippen LogP contribution < -0.4 is 0 Å². The van der Waals surface area contributed by atoms with Gasteiger partial charge in [0.2, 0.25) is 0 Å². The second-order valence-corrected chi connectivity index (χ2v) is 4.87. The monoisotopic (exact) mass is 232 g/mol. The molecule has 1 aromatic rings. The van der Waals surface area contributed by atoms with Crippen molar-refractivity contribution in [2.75, 3.05) is 0 Å². The summed E-state index contributed by atoms with van der Waals surface area (Å²) < 4.78 is 25.4. The van der Waals surface area contributed by atoms with Gasteiger partial charge in [-0.15, -0.1) is 0 Å². The topological polar surface area (TPSA) is 20.2 Å². The van der Waals surface area contributed by atoms with E-state index < -0.39 is 17.7 Å². The first-order valence-electron chi connectivity index (χ1n) is 4.74. The normalized spacial score (nSPS) is 15.0. The van der Waals surface area contributed by atoms with E-state index in [1.165, 1.54) is 17.8 Å². The van der Waals surface area contributed by atoms with E-state index in [9.17, 15) is 13.9 Å². The second kappa shape index (κ2) is 5.47. The van der Waals surface area contributed by atoms with Gasteiger partial charge in [-0.25, -0.2) is 8.78 Å². The molecule has 0 aliphatic heterocycles. The van der Waals surface area contributed by atoms with E-state index in [1.54, 1.807) is 13.0 Å². The molecule has 0 radical (unpaired) electrons. The van der Waals surface area contributed by atoms with Crippen LogP contribution in [0.2, 0.25) is 0 Å². The fourth-order valence-electron chi connectivity index (χ4n) is 0.996. The first kappa shape index (κ1) is 12.5. The van der Waals surface area contributed by atoms with E-state index in [1.807, 2.05) is 6.92 Å². The largest absolute Gasteiger partial charge is 0.392 e. The Morgan fingerprint density at radius 1 is 1.27 bits per heavy atom. The van der Waals surface area contributed by atoms with Gasteiger partial charge < -0.3 is 5.11 Å². The summed E-state index contributed by atoms with van der Waals surface area (Å²) in [5.74, 6) is -1.08. The highest BCUT2D eigenvalue weighted by molar-refractivity contribution is 7.99. The molecular formula is C11H14F2OS. The summed E-state index contributed by atoms with van der Waals surface area (Å²) in [6.45, 7) is 3.61. The summed E-state index contributed by atoms with van der Waals surface area (Å²) in [5, 5.41) is 9.32. The number of rotatable bonds is 4. The van der Waals surface area contributed by atoms with Crippen molar-refractivity contribution in [3.8, 4) is 0 Å². The van der Waals surface area contributed by atoms with Gasteiger partial charge in [-0.2, -0.15) is 11.8 Å². The molecule has 0 heterocycles. The average Bonchev–Trinajstić information content (AvgIpc) is 2.19. The lowest BCUT2D eigenvalue weighted by Gasteiger charge is -2.13. The minimum Gasteiger partial charge on any atom is -0.392 e. The first-order chi connectivity index (χ1) is 7.00. The fraction of sp³-hybridized carbons (Fsp3) is 0.455. The lowest BCUT2D eigenvalue weighted by Crippen LogP contribution is -2.15. The van der Waals surface area contributed by atoms with Crippen LogP contribution in [0.5, 0.6) is 0 Å². The van der Waals surface area contributed by atoms with Gasteiger partial charge in [0.05, 0.1) is 6.10 Å². The summed E-state index contributed by atoms with van der Waals surface area (Å²) in [5.41, 5.74) is 0.728. The SMILES string of the molecule is CC(O)C(C)SCc1ccc(F)c(F)c1. The van der Waals surface area contributed by atoms with E-state index in [2.05, 4.69) is 0 Å². The van der Waals surface area contributed by atoms with Gasteiger partial charge in [-0.05, 0) is 24.6 Å². The van der Waals surface area contributed by atoms with Crippen LogP contribution in [0.4, 0.5) is 8.78 Å². The van der Waals surface area contributed by atoms with Crippen LogP contribution in [0.1, 0.15) is 19.4 Å². The molecule has 0 fully saturated rings. The summed E-state index contributed by atoms with van der Waals surface area (Å²) >= 11 is 1.51. The Morgan fingerprint density at radius 2 is 1.93 bits per heavy atom. The summed E-state index contributed by atoms with van der Waals surface area (Å²) in [6, 6.07) is 3.87. The maximum atomic E-state index is 12.8. The van der Waals surface area contributed by atoms with E-state index in [-0.39, 0.29) is 5.25 Å². The van der Waals surface area contributed by atoms with Gasteiger partial charge in [0.15, 0.2) is 11.6 Å². The van der Waals surface area contributed by atoms with Crippen molar-refractivity contribution >= 4 is 11.8 Å². The lowest BCUT2D eigenvalue weighted by atomic mass is 10.2. The van der Waals surface area contributed by atoms with E-state index in [0.29, 0.717) is 5.75 Å². The Hall–Kier alpha value is -0.610. The zero-order valence-electron chi connectivity index (χ0n) is 8.71. The Labute approximate surface area is 92.5 Å². The van der Waals surface area contributed by atoms with Crippen molar-refractivity contribution in [1.29, 1.82) is 0 Å². The van der Waals surface area contributed by atoms with Crippen LogP contribution in [-0.4, -0.2) is 16.5 Å². The molecule has 1 nitrogen and oxygen atoms in total. The molecular weight excluding hydrogens is 218 g/mol. The summed E-state index contributed by atoms with van der Waals surface area (Å²) in [6.07, 6.45) is -0.403. The number of hydrogen-bond donors (Lipinski definition) is 1. The molecule has 84 valence electrons. The predicted molar refractivity (Wildman–Crippen MR) is 58.8 cm³/mol. The van der Waals surface area contributed by atoms with Crippen LogP contribution >= 0.6 is 11.8 Å². The second-order valence-electron chi connectivity index (χ2n) is 3.51. The minimum absolute atomic E-state index is 0.0816. The number of halogens is 2. The number of hydrogen-bond acceptors (Lipinski definition) is 2. The van der Waals surface area contributed by atoms with Crippen LogP contribution in [0.3, 0.4) is 0 Å². The van der Waals surface area contributed by atoms with Crippen molar-refractivity contribution in [2.45, 2.75) is 31.0 Å². The third kappa shape index (κ3) is 3.80. The molecule has 0 aliphatic carbocycles. The Morgan fingerprint density at radius 3 is 2.47 bits per heavy atom. The number of thioether (sulfide) groups is 1. The third-order valence-corrected chi connectivity index (χ3v) is 3.60. The molecule has 2 unspecified atom stereocenters. The maximum absolute atomic E-state index is 12.8. The van der Waals surface area contributed by atoms with Crippen molar-refractivity contribution < 1.29 is 13.9 Å². The molecule has 0 aliphatic rings. The van der Waals surface area contributed by atoms with Gasteiger partial charge in [-0.3, -0.25) is 0 Å². The van der Waals surface area contributed by atoms with Crippen molar-refractivity contribution in [2.24, 2.45) is 0 Å². The highest BCUT2D eigenvalue weighted by Crippen LogP contribution is 2.21. The van der Waals surface area contributed by atoms with Crippen LogP contribution in [0.25, 0.3) is 0 Å². The van der Waals surface area contributed by atoms with Crippen molar-refractivity contribution in [3.63, 3.8) is 0 Å². The van der Waals surface area contributed by atoms with Crippen LogP contribution in [-0.2, 0) is 5.75 Å². The predicted octanol–water partition coefficient (Wildman–Crippen LogP) is 2.97. The smallest absolute Gasteiger partial charge is 0.159 e. The highest BCUT2D eigenvalue weighted by atomic mass is 32.2. The maximum Gasteiger partial charge on any atom is 0.159 e. The van der Waals surface area contributed by atoms with Crippen LogP contribution in [0, 0.1) is 11.6 Å². The quantitative estimate of drug-likeness (QED) is 0.861. The first-order valence-corrected chi connectivity index (χ1v) is 5.79. The van der Waals surface area contributed by atoms with Gasteiger partial charge in [0.1, 0.15) is 0 Å². The fourth-order valence-corrected chi connectivity index (χ4v) is 1.91. The molecule has 0 amide bonds. The zero-order chi connectivity index (χ0) is 11.4. The Balaban J connectivity index is 2.55. The van der Waals surface area contributed by atoms with Gasteiger partial charge in [-0.1, -0.05) is 13.0 Å². The van der Waals surface area contributed by atoms with E-state index >= 15 is 0 Å². The number of aliphatic hydroxyl groups excluding tert-OH is 1. The molecule has 0 bridgehead atoms. The zero-order valence-corrected chi connectivity index (χ0v) is 9.52. The van der Waals surface area contributed by atoms with Gasteiger partial charge >= 0.3 is 0 Å². The van der Waals surface area contributed by atoms with Crippen LogP contribution in [0.15, 0.2) is 18.2 Å². The number of aliphatic hydroxyl groups is 1. The van der Waals surface area contributed by atoms with E-state index in [4.69, 9.17) is 0 Å². The number of benzene rings is 1. The molecule has 2 atom stereocenters. The molecule has 1 N–H and O–H groups in total. The summed E-state index contributed by atoms with van der Waals surface area (Å²) in [7, 11) is 0. The van der Waals surface area contributed by atoms with Crippen molar-refractivity contribution in [1.82, 2.24) is 0 Å². The summed E-state index contributed by atoms with van der Waals surface area (Å²) in [4.78, 5) is 0. The molecule has 1 aromatic carbocycles. The molecule has 1 rings (SSSR count). The van der Waals surface area contributed by atoms with Gasteiger partial charge in [0.25, 0.3) is 0 Å². The molecule has 15 heavy (non-hydrogen) atoms. The molecule has 4 heteroatoms. The molecule has 0 spiro atoms. The average molecular weight is 232 g/mol. The van der Waals surface area contributed by atoms with Crippen molar-refractivity contribution in [3.05, 3.63) is 35.4 Å². The van der Waals surface area contributed by atoms with Gasteiger partial charge in [0, 0.05) is 11.0 Å².